The van der Waals surface area contributed by atoms with E-state index in [1.54, 1.807) is 24.3 Å². The molecule has 0 fully saturated rings. The molecule has 2 aromatic rings. The first-order valence-corrected chi connectivity index (χ1v) is 8.89. The van der Waals surface area contributed by atoms with Crippen LogP contribution in [0.5, 0.6) is 17.2 Å². The quantitative estimate of drug-likeness (QED) is 0.548. The summed E-state index contributed by atoms with van der Waals surface area (Å²) in [6.45, 7) is 3.75. The second-order valence-corrected chi connectivity index (χ2v) is 6.16. The molecule has 0 radical (unpaired) electrons. The van der Waals surface area contributed by atoms with Crippen molar-refractivity contribution in [3.8, 4) is 17.2 Å². The first kappa shape index (κ1) is 20.0. The number of anilines is 1. The van der Waals surface area contributed by atoms with E-state index in [1.807, 2.05) is 18.2 Å². The summed E-state index contributed by atoms with van der Waals surface area (Å²) in [5.41, 5.74) is 1.64. The Balaban J connectivity index is 2.11. The van der Waals surface area contributed by atoms with Crippen LogP contribution in [0.3, 0.4) is 0 Å². The van der Waals surface area contributed by atoms with Crippen LogP contribution in [0.1, 0.15) is 5.56 Å². The highest BCUT2D eigenvalue weighted by molar-refractivity contribution is 6.36. The SMILES string of the molecule is C=CCN1C(=O)C(Nc2cc(OC)c(OC)c(OC)c2)=C(c2ccccc2)C1=O. The minimum Gasteiger partial charge on any atom is -0.493 e. The maximum atomic E-state index is 13.0. The monoisotopic (exact) mass is 394 g/mol. The van der Waals surface area contributed by atoms with Crippen molar-refractivity contribution in [1.82, 2.24) is 4.90 Å². The second kappa shape index (κ2) is 8.52. The predicted molar refractivity (Wildman–Crippen MR) is 110 cm³/mol. The summed E-state index contributed by atoms with van der Waals surface area (Å²) in [6, 6.07) is 12.4. The standard InChI is InChI=1S/C22H22N2O5/c1-5-11-24-21(25)18(14-9-7-6-8-10-14)19(22(24)26)23-15-12-16(27-2)20(29-4)17(13-15)28-3/h5-10,12-13,23H,1,11H2,2-4H3. The molecule has 0 saturated heterocycles. The third-order valence-electron chi connectivity index (χ3n) is 4.48. The van der Waals surface area contributed by atoms with Crippen molar-refractivity contribution in [2.75, 3.05) is 33.2 Å². The molecule has 150 valence electrons. The first-order chi connectivity index (χ1) is 14.0. The topological polar surface area (TPSA) is 77.1 Å². The number of carbonyl (C=O) groups excluding carboxylic acids is 2. The van der Waals surface area contributed by atoms with E-state index in [1.165, 1.54) is 27.4 Å². The van der Waals surface area contributed by atoms with E-state index in [-0.39, 0.29) is 18.1 Å². The molecule has 0 saturated carbocycles. The highest BCUT2D eigenvalue weighted by Crippen LogP contribution is 2.41. The molecule has 0 atom stereocenters. The van der Waals surface area contributed by atoms with E-state index in [2.05, 4.69) is 11.9 Å². The smallest absolute Gasteiger partial charge is 0.278 e. The Morgan fingerprint density at radius 1 is 0.966 bits per heavy atom. The molecule has 0 aromatic heterocycles. The maximum absolute atomic E-state index is 13.0. The molecule has 1 aliphatic rings. The van der Waals surface area contributed by atoms with E-state index in [9.17, 15) is 9.59 Å². The van der Waals surface area contributed by atoms with Gasteiger partial charge >= 0.3 is 0 Å². The van der Waals surface area contributed by atoms with Gasteiger partial charge in [0, 0.05) is 24.4 Å². The summed E-state index contributed by atoms with van der Waals surface area (Å²) >= 11 is 0. The molecule has 3 rings (SSSR count). The van der Waals surface area contributed by atoms with E-state index >= 15 is 0 Å². The summed E-state index contributed by atoms with van der Waals surface area (Å²) < 4.78 is 16.1. The fraction of sp³-hybridized carbons (Fsp3) is 0.182. The zero-order valence-electron chi connectivity index (χ0n) is 16.5. The van der Waals surface area contributed by atoms with Crippen LogP contribution in [0.15, 0.2) is 60.8 Å². The van der Waals surface area contributed by atoms with Crippen LogP contribution in [0.2, 0.25) is 0 Å². The molecule has 0 unspecified atom stereocenters. The normalized spacial score (nSPS) is 13.6. The number of hydrogen-bond donors (Lipinski definition) is 1. The highest BCUT2D eigenvalue weighted by atomic mass is 16.5. The van der Waals surface area contributed by atoms with Gasteiger partial charge in [0.2, 0.25) is 5.75 Å². The Hall–Kier alpha value is -3.74. The van der Waals surface area contributed by atoms with Gasteiger partial charge in [-0.1, -0.05) is 36.4 Å². The fourth-order valence-corrected chi connectivity index (χ4v) is 3.16. The summed E-state index contributed by atoms with van der Waals surface area (Å²) in [6.07, 6.45) is 1.51. The third-order valence-corrected chi connectivity index (χ3v) is 4.48. The number of benzene rings is 2. The fourth-order valence-electron chi connectivity index (χ4n) is 3.16. The largest absolute Gasteiger partial charge is 0.493 e. The summed E-state index contributed by atoms with van der Waals surface area (Å²) in [5.74, 6) is 0.477. The molecule has 7 nitrogen and oxygen atoms in total. The number of ether oxygens (including phenoxy) is 3. The first-order valence-electron chi connectivity index (χ1n) is 8.89. The lowest BCUT2D eigenvalue weighted by molar-refractivity contribution is -0.136. The van der Waals surface area contributed by atoms with E-state index in [0.29, 0.717) is 34.1 Å². The van der Waals surface area contributed by atoms with Crippen LogP contribution in [0.4, 0.5) is 5.69 Å². The van der Waals surface area contributed by atoms with Gasteiger partial charge in [0.25, 0.3) is 11.8 Å². The Morgan fingerprint density at radius 3 is 2.10 bits per heavy atom. The van der Waals surface area contributed by atoms with Crippen LogP contribution in [-0.4, -0.2) is 44.6 Å². The molecule has 0 bridgehead atoms. The minimum atomic E-state index is -0.428. The lowest BCUT2D eigenvalue weighted by atomic mass is 10.0. The van der Waals surface area contributed by atoms with Gasteiger partial charge in [-0.15, -0.1) is 6.58 Å². The zero-order chi connectivity index (χ0) is 21.0. The summed E-state index contributed by atoms with van der Waals surface area (Å²) in [7, 11) is 4.52. The summed E-state index contributed by atoms with van der Waals surface area (Å²) in [5, 5.41) is 3.08. The number of carbonyl (C=O) groups is 2. The van der Waals surface area contributed by atoms with Crippen molar-refractivity contribution in [3.05, 3.63) is 66.4 Å². The van der Waals surface area contributed by atoms with Gasteiger partial charge in [0.05, 0.1) is 26.9 Å². The molecule has 7 heteroatoms. The van der Waals surface area contributed by atoms with Crippen molar-refractivity contribution in [3.63, 3.8) is 0 Å². The van der Waals surface area contributed by atoms with Gasteiger partial charge in [-0.2, -0.15) is 0 Å². The molecule has 1 heterocycles. The minimum absolute atomic E-state index is 0.119. The van der Waals surface area contributed by atoms with Crippen molar-refractivity contribution >= 4 is 23.1 Å². The van der Waals surface area contributed by atoms with Crippen molar-refractivity contribution in [2.24, 2.45) is 0 Å². The molecule has 0 spiro atoms. The number of rotatable bonds is 8. The molecular formula is C22H22N2O5. The Morgan fingerprint density at radius 2 is 1.59 bits per heavy atom. The van der Waals surface area contributed by atoms with Crippen molar-refractivity contribution in [2.45, 2.75) is 0 Å². The Bertz CT molecular complexity index is 957. The number of methoxy groups -OCH3 is 3. The molecule has 0 aliphatic carbocycles. The molecular weight excluding hydrogens is 372 g/mol. The number of nitrogens with zero attached hydrogens (tertiary/aromatic N) is 1. The van der Waals surface area contributed by atoms with E-state index < -0.39 is 5.91 Å². The molecule has 1 aliphatic heterocycles. The van der Waals surface area contributed by atoms with Gasteiger partial charge < -0.3 is 19.5 Å². The van der Waals surface area contributed by atoms with Gasteiger partial charge in [-0.3, -0.25) is 14.5 Å². The molecule has 2 aromatic carbocycles. The van der Waals surface area contributed by atoms with Gasteiger partial charge in [0.1, 0.15) is 5.70 Å². The molecule has 2 amide bonds. The summed E-state index contributed by atoms with van der Waals surface area (Å²) in [4.78, 5) is 27.1. The molecule has 29 heavy (non-hydrogen) atoms. The van der Waals surface area contributed by atoms with Crippen LogP contribution in [-0.2, 0) is 9.59 Å². The van der Waals surface area contributed by atoms with E-state index in [0.717, 1.165) is 4.90 Å². The Kier molecular flexibility index (Phi) is 5.87. The average Bonchev–Trinajstić information content (AvgIpc) is 2.98. The van der Waals surface area contributed by atoms with Gasteiger partial charge in [-0.25, -0.2) is 0 Å². The Labute approximate surface area is 169 Å². The number of amides is 2. The van der Waals surface area contributed by atoms with E-state index in [4.69, 9.17) is 14.2 Å². The average molecular weight is 394 g/mol. The number of hydrogen-bond acceptors (Lipinski definition) is 6. The van der Waals surface area contributed by atoms with Crippen molar-refractivity contribution in [1.29, 1.82) is 0 Å². The zero-order valence-corrected chi connectivity index (χ0v) is 16.5. The molecule has 1 N–H and O–H groups in total. The lowest BCUT2D eigenvalue weighted by Crippen LogP contribution is -2.32. The van der Waals surface area contributed by atoms with Crippen LogP contribution in [0, 0.1) is 0 Å². The lowest BCUT2D eigenvalue weighted by Gasteiger charge is -2.16. The van der Waals surface area contributed by atoms with Crippen LogP contribution in [0.25, 0.3) is 5.57 Å². The van der Waals surface area contributed by atoms with Gasteiger partial charge in [0.15, 0.2) is 11.5 Å². The van der Waals surface area contributed by atoms with Gasteiger partial charge in [-0.05, 0) is 5.56 Å². The van der Waals surface area contributed by atoms with Crippen LogP contribution < -0.4 is 19.5 Å². The maximum Gasteiger partial charge on any atom is 0.278 e. The third kappa shape index (κ3) is 3.67. The van der Waals surface area contributed by atoms with Crippen LogP contribution >= 0.6 is 0 Å². The predicted octanol–water partition coefficient (Wildman–Crippen LogP) is 3.09. The number of imide groups is 1. The highest BCUT2D eigenvalue weighted by Gasteiger charge is 2.38. The van der Waals surface area contributed by atoms with Crippen molar-refractivity contribution < 1.29 is 23.8 Å². The second-order valence-electron chi connectivity index (χ2n) is 6.16. The number of nitrogens with one attached hydrogen (secondary N) is 1.